The van der Waals surface area contributed by atoms with E-state index in [0.717, 1.165) is 19.5 Å². The maximum atomic E-state index is 13.0. The molecule has 0 aliphatic carbocycles. The van der Waals surface area contributed by atoms with Crippen LogP contribution in [0.1, 0.15) is 65.7 Å². The lowest BCUT2D eigenvalue weighted by molar-refractivity contribution is -0.152. The van der Waals surface area contributed by atoms with Gasteiger partial charge in [0.15, 0.2) is 0 Å². The molecule has 0 bridgehead atoms. The fourth-order valence-corrected chi connectivity index (χ4v) is 5.05. The molecule has 7 heteroatoms. The van der Waals surface area contributed by atoms with Crippen molar-refractivity contribution in [1.82, 2.24) is 15.1 Å². The number of hydrogen-bond acceptors (Lipinski definition) is 5. The second-order valence-corrected chi connectivity index (χ2v) is 8.59. The summed E-state index contributed by atoms with van der Waals surface area (Å²) in [5.41, 5.74) is -0.00634. The van der Waals surface area contributed by atoms with E-state index in [4.69, 9.17) is 4.74 Å². The van der Waals surface area contributed by atoms with E-state index in [2.05, 4.69) is 17.1 Å². The molecule has 162 valence electrons. The topological polar surface area (TPSA) is 79.0 Å². The second-order valence-electron chi connectivity index (χ2n) is 8.59. The molecule has 3 aliphatic heterocycles. The van der Waals surface area contributed by atoms with E-state index in [0.29, 0.717) is 49.7 Å². The van der Waals surface area contributed by atoms with Gasteiger partial charge in [-0.2, -0.15) is 0 Å². The molecule has 2 fully saturated rings. The third kappa shape index (κ3) is 4.65. The largest absolute Gasteiger partial charge is 0.450 e. The lowest BCUT2D eigenvalue weighted by Crippen LogP contribution is -2.50. The Balaban J connectivity index is 1.55. The first-order chi connectivity index (χ1) is 13.9. The molecule has 0 unspecified atom stereocenters. The standard InChI is InChI=1S/C22H35N3O4/c1-4-18-8-5-6-12-25(18)13-7-11-23-20(27)19-16(2)21(28)29-22(19)9-14-24(15-10-22)17(3)26/h18H,4-15H2,1-3H3,(H,23,27)/t18-/m0/s1. The minimum absolute atomic E-state index is 0.0129. The predicted octanol–water partition coefficient (Wildman–Crippen LogP) is 2.01. The minimum atomic E-state index is -0.878. The van der Waals surface area contributed by atoms with E-state index >= 15 is 0 Å². The summed E-state index contributed by atoms with van der Waals surface area (Å²) in [6, 6.07) is 0.667. The van der Waals surface area contributed by atoms with E-state index in [1.165, 1.54) is 25.7 Å². The van der Waals surface area contributed by atoms with Crippen LogP contribution in [0, 0.1) is 0 Å². The van der Waals surface area contributed by atoms with Crippen LogP contribution in [0.25, 0.3) is 0 Å². The van der Waals surface area contributed by atoms with Crippen molar-refractivity contribution in [1.29, 1.82) is 0 Å². The molecule has 29 heavy (non-hydrogen) atoms. The number of piperidine rings is 2. The molecule has 3 heterocycles. The zero-order valence-electron chi connectivity index (χ0n) is 18.1. The molecular formula is C22H35N3O4. The normalized spacial score (nSPS) is 24.7. The summed E-state index contributed by atoms with van der Waals surface area (Å²) in [6.45, 7) is 9.18. The van der Waals surface area contributed by atoms with Crippen LogP contribution in [0.2, 0.25) is 0 Å². The van der Waals surface area contributed by atoms with Crippen molar-refractivity contribution in [2.75, 3.05) is 32.7 Å². The van der Waals surface area contributed by atoms with Crippen LogP contribution in [0.15, 0.2) is 11.1 Å². The molecule has 7 nitrogen and oxygen atoms in total. The van der Waals surface area contributed by atoms with Gasteiger partial charge in [-0.3, -0.25) is 9.59 Å². The summed E-state index contributed by atoms with van der Waals surface area (Å²) in [7, 11) is 0. The Kier molecular flexibility index (Phi) is 6.98. The molecule has 2 amide bonds. The molecule has 3 rings (SSSR count). The Morgan fingerprint density at radius 3 is 2.59 bits per heavy atom. The smallest absolute Gasteiger partial charge is 0.335 e. The second kappa shape index (κ2) is 9.28. The van der Waals surface area contributed by atoms with E-state index in [-0.39, 0.29) is 11.8 Å². The first kappa shape index (κ1) is 21.8. The van der Waals surface area contributed by atoms with Gasteiger partial charge in [-0.15, -0.1) is 0 Å². The number of rotatable bonds is 6. The first-order valence-electron chi connectivity index (χ1n) is 11.1. The van der Waals surface area contributed by atoms with Crippen LogP contribution >= 0.6 is 0 Å². The van der Waals surface area contributed by atoms with Gasteiger partial charge in [0.25, 0.3) is 5.91 Å². The lowest BCUT2D eigenvalue weighted by atomic mass is 9.82. The fraction of sp³-hybridized carbons (Fsp3) is 0.773. The summed E-state index contributed by atoms with van der Waals surface area (Å²) in [5.74, 6) is -0.597. The third-order valence-corrected chi connectivity index (χ3v) is 6.80. The molecule has 3 aliphatic rings. The summed E-state index contributed by atoms with van der Waals surface area (Å²) >= 11 is 0. The van der Waals surface area contributed by atoms with Crippen molar-refractivity contribution in [2.45, 2.75) is 77.4 Å². The number of carbonyl (C=O) groups is 3. The van der Waals surface area contributed by atoms with E-state index < -0.39 is 11.6 Å². The van der Waals surface area contributed by atoms with Crippen LogP contribution < -0.4 is 5.32 Å². The molecular weight excluding hydrogens is 370 g/mol. The molecule has 1 atom stereocenters. The zero-order chi connectivity index (χ0) is 21.0. The Labute approximate surface area is 173 Å². The Bertz CT molecular complexity index is 680. The number of carbonyl (C=O) groups excluding carboxylic acids is 3. The van der Waals surface area contributed by atoms with Crippen molar-refractivity contribution in [3.05, 3.63) is 11.1 Å². The van der Waals surface area contributed by atoms with Crippen molar-refractivity contribution in [2.24, 2.45) is 0 Å². The zero-order valence-corrected chi connectivity index (χ0v) is 18.1. The number of ether oxygens (including phenoxy) is 1. The molecule has 0 aromatic heterocycles. The monoisotopic (exact) mass is 405 g/mol. The number of hydrogen-bond donors (Lipinski definition) is 1. The number of likely N-dealkylation sites (tertiary alicyclic amines) is 2. The van der Waals surface area contributed by atoms with Gasteiger partial charge in [-0.25, -0.2) is 4.79 Å². The van der Waals surface area contributed by atoms with Crippen molar-refractivity contribution < 1.29 is 19.1 Å². The Hall–Kier alpha value is -1.89. The van der Waals surface area contributed by atoms with Gasteiger partial charge in [0.1, 0.15) is 5.60 Å². The quantitative estimate of drug-likeness (QED) is 0.540. The van der Waals surface area contributed by atoms with E-state index in [1.54, 1.807) is 18.7 Å². The molecule has 1 N–H and O–H groups in total. The average Bonchev–Trinajstić information content (AvgIpc) is 2.95. The fourth-order valence-electron chi connectivity index (χ4n) is 5.05. The summed E-state index contributed by atoms with van der Waals surface area (Å²) in [5, 5.41) is 3.02. The van der Waals surface area contributed by atoms with Crippen LogP contribution in [0.4, 0.5) is 0 Å². The highest BCUT2D eigenvalue weighted by atomic mass is 16.6. The minimum Gasteiger partial charge on any atom is -0.450 e. The number of esters is 1. The van der Waals surface area contributed by atoms with Gasteiger partial charge in [-0.05, 0) is 39.2 Å². The summed E-state index contributed by atoms with van der Waals surface area (Å²) in [4.78, 5) is 41.1. The van der Waals surface area contributed by atoms with E-state index in [1.807, 2.05) is 0 Å². The highest BCUT2D eigenvalue weighted by molar-refractivity contribution is 6.07. The molecule has 2 saturated heterocycles. The molecule has 0 aromatic carbocycles. The average molecular weight is 406 g/mol. The highest BCUT2D eigenvalue weighted by Gasteiger charge is 2.50. The Morgan fingerprint density at radius 1 is 1.21 bits per heavy atom. The van der Waals surface area contributed by atoms with Crippen molar-refractivity contribution >= 4 is 17.8 Å². The lowest BCUT2D eigenvalue weighted by Gasteiger charge is -2.39. The van der Waals surface area contributed by atoms with Gasteiger partial charge in [0, 0.05) is 57.6 Å². The number of amides is 2. The third-order valence-electron chi connectivity index (χ3n) is 6.80. The highest BCUT2D eigenvalue weighted by Crippen LogP contribution is 2.41. The van der Waals surface area contributed by atoms with Crippen LogP contribution in [0.5, 0.6) is 0 Å². The maximum absolute atomic E-state index is 13.0. The maximum Gasteiger partial charge on any atom is 0.335 e. The van der Waals surface area contributed by atoms with Gasteiger partial charge in [0.2, 0.25) is 5.91 Å². The van der Waals surface area contributed by atoms with Crippen LogP contribution in [0.3, 0.4) is 0 Å². The molecule has 1 spiro atoms. The summed E-state index contributed by atoms with van der Waals surface area (Å²) < 4.78 is 5.67. The van der Waals surface area contributed by atoms with Crippen LogP contribution in [-0.2, 0) is 19.1 Å². The molecule has 0 saturated carbocycles. The number of nitrogens with zero attached hydrogens (tertiary/aromatic N) is 2. The van der Waals surface area contributed by atoms with Crippen molar-refractivity contribution in [3.8, 4) is 0 Å². The van der Waals surface area contributed by atoms with Gasteiger partial charge >= 0.3 is 5.97 Å². The van der Waals surface area contributed by atoms with Gasteiger partial charge in [0.05, 0.1) is 5.57 Å². The van der Waals surface area contributed by atoms with Gasteiger partial charge < -0.3 is 19.9 Å². The number of nitrogens with one attached hydrogen (secondary N) is 1. The van der Waals surface area contributed by atoms with E-state index in [9.17, 15) is 14.4 Å². The molecule has 0 aromatic rings. The molecule has 0 radical (unpaired) electrons. The van der Waals surface area contributed by atoms with Crippen molar-refractivity contribution in [3.63, 3.8) is 0 Å². The Morgan fingerprint density at radius 2 is 1.93 bits per heavy atom. The predicted molar refractivity (Wildman–Crippen MR) is 110 cm³/mol. The van der Waals surface area contributed by atoms with Gasteiger partial charge in [-0.1, -0.05) is 13.3 Å². The first-order valence-corrected chi connectivity index (χ1v) is 11.1. The van der Waals surface area contributed by atoms with Crippen LogP contribution in [-0.4, -0.2) is 72.0 Å². The SMILES string of the molecule is CC[C@H]1CCCCN1CCCNC(=O)C1=C(C)C(=O)OC12CCN(C(C)=O)CC2. The summed E-state index contributed by atoms with van der Waals surface area (Å²) in [6.07, 6.45) is 6.87.